The minimum atomic E-state index is 0.525. The lowest BCUT2D eigenvalue weighted by Crippen LogP contribution is -2.37. The summed E-state index contributed by atoms with van der Waals surface area (Å²) in [7, 11) is 0. The van der Waals surface area contributed by atoms with Crippen LogP contribution in [0, 0.1) is 5.92 Å². The molecule has 2 fully saturated rings. The van der Waals surface area contributed by atoms with Gasteiger partial charge in [-0.3, -0.25) is 4.98 Å². The first-order valence-electron chi connectivity index (χ1n) is 10.5. The summed E-state index contributed by atoms with van der Waals surface area (Å²) in [6, 6.07) is 4.03. The van der Waals surface area contributed by atoms with E-state index >= 15 is 0 Å². The minimum absolute atomic E-state index is 0.525. The number of hydrogen-bond acceptors (Lipinski definition) is 8. The number of fused-ring (bicyclic) bond motifs is 1. The second kappa shape index (κ2) is 8.51. The molecule has 29 heavy (non-hydrogen) atoms. The number of nitrogens with zero attached hydrogens (tertiary/aromatic N) is 5. The lowest BCUT2D eigenvalue weighted by atomic mass is 10.0. The van der Waals surface area contributed by atoms with Crippen LogP contribution in [0.15, 0.2) is 24.5 Å². The topological polar surface area (TPSA) is 72.8 Å². The number of hydrogen-bond donors (Lipinski definition) is 0. The maximum absolute atomic E-state index is 6.30. The molecule has 0 N–H and O–H groups in total. The van der Waals surface area contributed by atoms with Gasteiger partial charge in [-0.2, -0.15) is 9.97 Å². The quantitative estimate of drug-likeness (QED) is 0.760. The molecule has 5 rings (SSSR count). The highest BCUT2D eigenvalue weighted by Gasteiger charge is 2.30. The second-order valence-electron chi connectivity index (χ2n) is 7.71. The van der Waals surface area contributed by atoms with Gasteiger partial charge >= 0.3 is 0 Å². The molecule has 0 saturated carbocycles. The number of aromatic nitrogens is 3. The van der Waals surface area contributed by atoms with Crippen LogP contribution in [-0.4, -0.2) is 67.6 Å². The zero-order valence-corrected chi connectivity index (χ0v) is 16.6. The van der Waals surface area contributed by atoms with Gasteiger partial charge in [0.25, 0.3) is 0 Å². The van der Waals surface area contributed by atoms with E-state index in [0.717, 1.165) is 81.0 Å². The zero-order chi connectivity index (χ0) is 19.5. The van der Waals surface area contributed by atoms with Crippen LogP contribution >= 0.6 is 0 Å². The Labute approximate surface area is 170 Å². The van der Waals surface area contributed by atoms with Gasteiger partial charge in [0.1, 0.15) is 5.82 Å². The van der Waals surface area contributed by atoms with Gasteiger partial charge in [0.2, 0.25) is 11.8 Å². The van der Waals surface area contributed by atoms with Crippen LogP contribution in [0.25, 0.3) is 0 Å². The summed E-state index contributed by atoms with van der Waals surface area (Å²) in [4.78, 5) is 18.5. The molecule has 2 saturated heterocycles. The number of rotatable bonds is 5. The second-order valence-corrected chi connectivity index (χ2v) is 7.71. The lowest BCUT2D eigenvalue weighted by molar-refractivity contribution is 0.0489. The molecule has 0 spiro atoms. The van der Waals surface area contributed by atoms with Gasteiger partial charge in [-0.1, -0.05) is 0 Å². The highest BCUT2D eigenvalue weighted by atomic mass is 16.5. The fourth-order valence-electron chi connectivity index (χ4n) is 4.11. The van der Waals surface area contributed by atoms with Crippen molar-refractivity contribution in [3.8, 4) is 5.88 Å². The van der Waals surface area contributed by atoms with Crippen LogP contribution in [0.2, 0.25) is 0 Å². The maximum atomic E-state index is 6.30. The third-order valence-electron chi connectivity index (χ3n) is 5.82. The predicted molar refractivity (Wildman–Crippen MR) is 109 cm³/mol. The Morgan fingerprint density at radius 2 is 1.86 bits per heavy atom. The Kier molecular flexibility index (Phi) is 5.45. The molecule has 0 radical (unpaired) electrons. The van der Waals surface area contributed by atoms with Gasteiger partial charge in [-0.05, 0) is 37.3 Å². The minimum Gasteiger partial charge on any atom is -0.477 e. The lowest BCUT2D eigenvalue weighted by Gasteiger charge is -2.28. The van der Waals surface area contributed by atoms with E-state index in [1.54, 1.807) is 6.20 Å². The molecule has 0 aliphatic carbocycles. The molecular formula is C21H27N5O3. The average molecular weight is 397 g/mol. The van der Waals surface area contributed by atoms with E-state index < -0.39 is 0 Å². The highest BCUT2D eigenvalue weighted by Crippen LogP contribution is 2.38. The number of pyridine rings is 1. The van der Waals surface area contributed by atoms with Gasteiger partial charge in [0, 0.05) is 39.0 Å². The molecule has 0 amide bonds. The standard InChI is InChI=1S/C21H27N5O3/c1-2-17(14-22-6-1)26-7-3-18-19(26)23-21(25-8-12-28-13-9-25)24-20(18)29-15-16-4-10-27-11-5-16/h1-2,6,14,16H,3-5,7-13,15H2. The van der Waals surface area contributed by atoms with Crippen molar-refractivity contribution >= 4 is 17.5 Å². The van der Waals surface area contributed by atoms with Crippen molar-refractivity contribution in [1.29, 1.82) is 0 Å². The van der Waals surface area contributed by atoms with E-state index in [2.05, 4.69) is 20.9 Å². The number of anilines is 3. The van der Waals surface area contributed by atoms with Gasteiger partial charge < -0.3 is 24.0 Å². The molecule has 2 aromatic rings. The summed E-state index contributed by atoms with van der Waals surface area (Å²) in [6.45, 7) is 6.18. The van der Waals surface area contributed by atoms with Gasteiger partial charge in [0.15, 0.2) is 0 Å². The summed E-state index contributed by atoms with van der Waals surface area (Å²) in [5.41, 5.74) is 2.14. The molecule has 8 nitrogen and oxygen atoms in total. The van der Waals surface area contributed by atoms with Crippen molar-refractivity contribution in [2.24, 2.45) is 5.92 Å². The van der Waals surface area contributed by atoms with E-state index in [1.807, 2.05) is 12.3 Å². The summed E-state index contributed by atoms with van der Waals surface area (Å²) < 4.78 is 17.3. The number of ether oxygens (including phenoxy) is 3. The zero-order valence-electron chi connectivity index (χ0n) is 16.6. The molecule has 8 heteroatoms. The van der Waals surface area contributed by atoms with Crippen LogP contribution in [0.4, 0.5) is 17.5 Å². The molecule has 154 valence electrons. The van der Waals surface area contributed by atoms with E-state index in [9.17, 15) is 0 Å². The van der Waals surface area contributed by atoms with Crippen molar-refractivity contribution in [3.63, 3.8) is 0 Å². The fourth-order valence-corrected chi connectivity index (χ4v) is 4.11. The van der Waals surface area contributed by atoms with Crippen LogP contribution in [0.3, 0.4) is 0 Å². The average Bonchev–Trinajstić information content (AvgIpc) is 3.23. The third-order valence-corrected chi connectivity index (χ3v) is 5.82. The fraction of sp³-hybridized carbons (Fsp3) is 0.571. The van der Waals surface area contributed by atoms with Crippen molar-refractivity contribution in [2.75, 3.05) is 62.5 Å². The van der Waals surface area contributed by atoms with Crippen molar-refractivity contribution < 1.29 is 14.2 Å². The van der Waals surface area contributed by atoms with Crippen LogP contribution in [0.1, 0.15) is 18.4 Å². The smallest absolute Gasteiger partial charge is 0.230 e. The van der Waals surface area contributed by atoms with Crippen molar-refractivity contribution in [1.82, 2.24) is 15.0 Å². The third kappa shape index (κ3) is 4.00. The monoisotopic (exact) mass is 397 g/mol. The van der Waals surface area contributed by atoms with E-state index in [-0.39, 0.29) is 0 Å². The SMILES string of the molecule is c1cncc(N2CCc3c(OCC4CCOCC4)nc(N4CCOCC4)nc32)c1. The van der Waals surface area contributed by atoms with Crippen LogP contribution in [-0.2, 0) is 15.9 Å². The first-order valence-corrected chi connectivity index (χ1v) is 10.5. The van der Waals surface area contributed by atoms with Crippen molar-refractivity contribution in [2.45, 2.75) is 19.3 Å². The molecule has 5 heterocycles. The largest absolute Gasteiger partial charge is 0.477 e. The maximum Gasteiger partial charge on any atom is 0.230 e. The van der Waals surface area contributed by atoms with Crippen LogP contribution in [0.5, 0.6) is 5.88 Å². The summed E-state index contributed by atoms with van der Waals surface area (Å²) >= 11 is 0. The molecule has 0 aromatic carbocycles. The molecule has 0 unspecified atom stereocenters. The van der Waals surface area contributed by atoms with Gasteiger partial charge in [-0.15, -0.1) is 0 Å². The Hall–Kier alpha value is -2.45. The first-order chi connectivity index (χ1) is 14.4. The Morgan fingerprint density at radius 1 is 1.03 bits per heavy atom. The molecule has 3 aliphatic rings. The summed E-state index contributed by atoms with van der Waals surface area (Å²) in [5.74, 6) is 2.92. The van der Waals surface area contributed by atoms with Crippen molar-refractivity contribution in [3.05, 3.63) is 30.1 Å². The number of morpholine rings is 1. The summed E-state index contributed by atoms with van der Waals surface area (Å²) in [5, 5.41) is 0. The van der Waals surface area contributed by atoms with Crippen LogP contribution < -0.4 is 14.5 Å². The predicted octanol–water partition coefficient (Wildman–Crippen LogP) is 2.21. The Bertz CT molecular complexity index is 823. The summed E-state index contributed by atoms with van der Waals surface area (Å²) in [6.07, 6.45) is 6.64. The molecule has 0 bridgehead atoms. The molecule has 2 aromatic heterocycles. The van der Waals surface area contributed by atoms with E-state index in [4.69, 9.17) is 24.2 Å². The Balaban J connectivity index is 1.45. The first kappa shape index (κ1) is 18.6. The molecule has 0 atom stereocenters. The van der Waals surface area contributed by atoms with E-state index in [0.29, 0.717) is 25.7 Å². The van der Waals surface area contributed by atoms with Gasteiger partial charge in [-0.25, -0.2) is 0 Å². The van der Waals surface area contributed by atoms with E-state index in [1.165, 1.54) is 0 Å². The normalized spacial score (nSPS) is 20.0. The molecular weight excluding hydrogens is 370 g/mol. The molecule has 3 aliphatic heterocycles. The Morgan fingerprint density at radius 3 is 2.66 bits per heavy atom. The highest BCUT2D eigenvalue weighted by molar-refractivity contribution is 5.69. The van der Waals surface area contributed by atoms with Gasteiger partial charge in [0.05, 0.1) is 37.3 Å².